The van der Waals surface area contributed by atoms with Gasteiger partial charge in [0, 0.05) is 10.0 Å². The summed E-state index contributed by atoms with van der Waals surface area (Å²) in [6, 6.07) is 19.5. The molecular weight excluding hydrogens is 503 g/mol. The van der Waals surface area contributed by atoms with Gasteiger partial charge in [-0.15, -0.1) is 0 Å². The number of nitrogens with zero attached hydrogens (tertiary/aromatic N) is 1. The number of ether oxygens (including phenoxy) is 2. The normalized spacial score (nSPS) is 22.4. The molecule has 2 heterocycles. The molecule has 0 aliphatic carbocycles. The van der Waals surface area contributed by atoms with Crippen molar-refractivity contribution in [3.63, 3.8) is 0 Å². The molecule has 0 spiro atoms. The van der Waals surface area contributed by atoms with E-state index in [1.54, 1.807) is 72.8 Å². The lowest BCUT2D eigenvalue weighted by molar-refractivity contribution is -0.145. The highest BCUT2D eigenvalue weighted by Crippen LogP contribution is 2.52. The number of amides is 2. The fourth-order valence-electron chi connectivity index (χ4n) is 5.34. The molecule has 7 nitrogen and oxygen atoms in total. The molecule has 1 N–H and O–H groups in total. The molecular formula is C27H22Cl2N2O5. The van der Waals surface area contributed by atoms with Crippen LogP contribution in [0.4, 0.5) is 5.69 Å². The summed E-state index contributed by atoms with van der Waals surface area (Å²) < 4.78 is 10.3. The van der Waals surface area contributed by atoms with Crippen LogP contribution in [-0.2, 0) is 24.7 Å². The van der Waals surface area contributed by atoms with E-state index in [9.17, 15) is 14.4 Å². The van der Waals surface area contributed by atoms with E-state index < -0.39 is 41.2 Å². The quantitative estimate of drug-likeness (QED) is 0.397. The maximum Gasteiger partial charge on any atom is 0.323 e. The zero-order chi connectivity index (χ0) is 25.6. The second-order valence-electron chi connectivity index (χ2n) is 8.68. The third-order valence-electron chi connectivity index (χ3n) is 6.94. The number of nitrogens with one attached hydrogen (secondary N) is 1. The van der Waals surface area contributed by atoms with Crippen LogP contribution in [0.25, 0.3) is 0 Å². The van der Waals surface area contributed by atoms with E-state index in [-0.39, 0.29) is 0 Å². The van der Waals surface area contributed by atoms with Gasteiger partial charge in [-0.2, -0.15) is 0 Å². The van der Waals surface area contributed by atoms with Crippen LogP contribution in [0.3, 0.4) is 0 Å². The minimum Gasteiger partial charge on any atom is -0.497 e. The fraction of sp³-hybridized carbons (Fsp3) is 0.222. The predicted molar refractivity (Wildman–Crippen MR) is 135 cm³/mol. The number of benzene rings is 3. The second kappa shape index (κ2) is 9.24. The van der Waals surface area contributed by atoms with Gasteiger partial charge >= 0.3 is 5.97 Å². The number of halogens is 2. The average Bonchev–Trinajstić information content (AvgIpc) is 3.39. The highest BCUT2D eigenvalue weighted by molar-refractivity contribution is 6.31. The van der Waals surface area contributed by atoms with E-state index in [2.05, 4.69) is 5.32 Å². The Morgan fingerprint density at radius 2 is 1.36 bits per heavy atom. The lowest BCUT2D eigenvalue weighted by atomic mass is 9.72. The van der Waals surface area contributed by atoms with Crippen molar-refractivity contribution in [2.75, 3.05) is 19.1 Å². The molecule has 5 rings (SSSR count). The molecule has 2 amide bonds. The van der Waals surface area contributed by atoms with E-state index in [0.29, 0.717) is 32.6 Å². The number of carbonyl (C=O) groups is 3. The zero-order valence-electron chi connectivity index (χ0n) is 19.4. The lowest BCUT2D eigenvalue weighted by Gasteiger charge is -2.36. The van der Waals surface area contributed by atoms with Crippen molar-refractivity contribution >= 4 is 46.7 Å². The first-order chi connectivity index (χ1) is 17.3. The minimum atomic E-state index is -1.23. The first-order valence-electron chi connectivity index (χ1n) is 11.2. The Bertz CT molecular complexity index is 1280. The Labute approximate surface area is 217 Å². The SMILES string of the molecule is COC(=O)[C@@H]1NC(c2ccc(Cl)cc2)(c2ccc(Cl)cc2)[C@H]2C(=O)N(c3ccc(OC)cc3)C(=O)[C@@H]12. The molecule has 36 heavy (non-hydrogen) atoms. The van der Waals surface area contributed by atoms with E-state index >= 15 is 0 Å². The van der Waals surface area contributed by atoms with Gasteiger partial charge in [0.05, 0.1) is 37.3 Å². The van der Waals surface area contributed by atoms with Gasteiger partial charge in [-0.3, -0.25) is 19.7 Å². The maximum absolute atomic E-state index is 14.1. The number of anilines is 1. The maximum atomic E-state index is 14.1. The molecule has 3 atom stereocenters. The van der Waals surface area contributed by atoms with Crippen molar-refractivity contribution in [3.05, 3.63) is 94.0 Å². The molecule has 2 saturated heterocycles. The van der Waals surface area contributed by atoms with Gasteiger partial charge in [0.15, 0.2) is 0 Å². The van der Waals surface area contributed by atoms with E-state index in [0.717, 1.165) is 4.90 Å². The average molecular weight is 525 g/mol. The molecule has 3 aromatic carbocycles. The van der Waals surface area contributed by atoms with Gasteiger partial charge in [0.2, 0.25) is 11.8 Å². The standard InChI is InChI=1S/C27H22Cl2N2O5/c1-35-20-13-11-19(12-14-20)31-24(32)21-22(25(31)33)27(30-23(21)26(34)36-2,15-3-7-17(28)8-4-15)16-5-9-18(29)10-6-16/h3-14,21-23,30H,1-2H3/t21-,22-,23-/m1/s1. The van der Waals surface area contributed by atoms with Crippen LogP contribution in [0, 0.1) is 11.8 Å². The number of carbonyl (C=O) groups excluding carboxylic acids is 3. The summed E-state index contributed by atoms with van der Waals surface area (Å²) in [7, 11) is 2.79. The fourth-order valence-corrected chi connectivity index (χ4v) is 5.60. The van der Waals surface area contributed by atoms with Crippen molar-refractivity contribution in [3.8, 4) is 5.75 Å². The summed E-state index contributed by atoms with van der Waals surface area (Å²) in [4.78, 5) is 42.1. The van der Waals surface area contributed by atoms with Crippen molar-refractivity contribution in [1.82, 2.24) is 5.32 Å². The first kappa shape index (κ1) is 24.3. The van der Waals surface area contributed by atoms with Crippen LogP contribution >= 0.6 is 23.2 Å². The van der Waals surface area contributed by atoms with Gasteiger partial charge in [-0.05, 0) is 59.7 Å². The molecule has 0 unspecified atom stereocenters. The van der Waals surface area contributed by atoms with Crippen LogP contribution in [0.15, 0.2) is 72.8 Å². The number of methoxy groups -OCH3 is 2. The summed E-state index contributed by atoms with van der Waals surface area (Å²) in [5, 5.41) is 4.35. The number of rotatable bonds is 5. The van der Waals surface area contributed by atoms with Gasteiger partial charge in [0.25, 0.3) is 0 Å². The van der Waals surface area contributed by atoms with E-state index in [1.807, 2.05) is 0 Å². The van der Waals surface area contributed by atoms with Gasteiger partial charge in [0.1, 0.15) is 11.8 Å². The van der Waals surface area contributed by atoms with Crippen LogP contribution in [-0.4, -0.2) is 38.0 Å². The van der Waals surface area contributed by atoms with Crippen LogP contribution < -0.4 is 15.0 Å². The molecule has 2 aliphatic heterocycles. The smallest absolute Gasteiger partial charge is 0.323 e. The van der Waals surface area contributed by atoms with Crippen molar-refractivity contribution in [2.24, 2.45) is 11.8 Å². The van der Waals surface area contributed by atoms with Gasteiger partial charge < -0.3 is 9.47 Å². The predicted octanol–water partition coefficient (Wildman–Crippen LogP) is 4.20. The number of imide groups is 1. The summed E-state index contributed by atoms with van der Waals surface area (Å²) >= 11 is 12.3. The van der Waals surface area contributed by atoms with E-state index in [1.165, 1.54) is 14.2 Å². The molecule has 0 bridgehead atoms. The topological polar surface area (TPSA) is 84.9 Å². The summed E-state index contributed by atoms with van der Waals surface area (Å²) in [5.41, 5.74) is 0.513. The molecule has 0 saturated carbocycles. The molecule has 0 radical (unpaired) electrons. The number of fused-ring (bicyclic) bond motifs is 1. The molecule has 2 fully saturated rings. The van der Waals surface area contributed by atoms with Gasteiger partial charge in [-0.1, -0.05) is 47.5 Å². The van der Waals surface area contributed by atoms with Crippen molar-refractivity contribution in [1.29, 1.82) is 0 Å². The highest BCUT2D eigenvalue weighted by Gasteiger charge is 2.68. The Balaban J connectivity index is 1.73. The zero-order valence-corrected chi connectivity index (χ0v) is 20.9. The molecule has 2 aliphatic rings. The summed E-state index contributed by atoms with van der Waals surface area (Å²) in [5.74, 6) is -2.91. The van der Waals surface area contributed by atoms with Crippen molar-refractivity contribution in [2.45, 2.75) is 11.6 Å². The Morgan fingerprint density at radius 1 is 0.833 bits per heavy atom. The minimum absolute atomic E-state index is 0.393. The monoisotopic (exact) mass is 524 g/mol. The lowest BCUT2D eigenvalue weighted by Crippen LogP contribution is -2.51. The molecule has 0 aromatic heterocycles. The summed E-state index contributed by atoms with van der Waals surface area (Å²) in [6.07, 6.45) is 0. The molecule has 184 valence electrons. The molecule has 9 heteroatoms. The van der Waals surface area contributed by atoms with Crippen LogP contribution in [0.5, 0.6) is 5.75 Å². The first-order valence-corrected chi connectivity index (χ1v) is 12.0. The Kier molecular flexibility index (Phi) is 6.24. The highest BCUT2D eigenvalue weighted by atomic mass is 35.5. The van der Waals surface area contributed by atoms with E-state index in [4.69, 9.17) is 32.7 Å². The summed E-state index contributed by atoms with van der Waals surface area (Å²) in [6.45, 7) is 0. The van der Waals surface area contributed by atoms with Crippen LogP contribution in [0.1, 0.15) is 11.1 Å². The number of esters is 1. The van der Waals surface area contributed by atoms with Crippen molar-refractivity contribution < 1.29 is 23.9 Å². The largest absolute Gasteiger partial charge is 0.497 e. The third kappa shape index (κ3) is 3.66. The van der Waals surface area contributed by atoms with Gasteiger partial charge in [-0.25, -0.2) is 4.90 Å². The molecule has 3 aromatic rings. The number of hydrogen-bond acceptors (Lipinski definition) is 6. The van der Waals surface area contributed by atoms with Crippen LogP contribution in [0.2, 0.25) is 10.0 Å². The second-order valence-corrected chi connectivity index (χ2v) is 9.55. The number of hydrogen-bond donors (Lipinski definition) is 1. The Morgan fingerprint density at radius 3 is 1.83 bits per heavy atom. The Hall–Kier alpha value is -3.39. The third-order valence-corrected chi connectivity index (χ3v) is 7.45.